The molecule has 0 N–H and O–H groups in total. The zero-order valence-corrected chi connectivity index (χ0v) is 13.6. The smallest absolute Gasteiger partial charge is 0.137 e. The second-order valence-electron chi connectivity index (χ2n) is 5.49. The fraction of sp³-hybridized carbons (Fsp3) is 0.733. The van der Waals surface area contributed by atoms with Gasteiger partial charge >= 0.3 is 0 Å². The van der Waals surface area contributed by atoms with Crippen LogP contribution in [0.2, 0.25) is 5.15 Å². The maximum atomic E-state index is 6.29. The molecule has 1 fully saturated rings. The maximum Gasteiger partial charge on any atom is 0.137 e. The van der Waals surface area contributed by atoms with Crippen molar-refractivity contribution in [3.05, 3.63) is 16.5 Å². The highest BCUT2D eigenvalue weighted by Crippen LogP contribution is 2.28. The van der Waals surface area contributed by atoms with Gasteiger partial charge in [0, 0.05) is 18.5 Å². The largest absolute Gasteiger partial charge is 0.375 e. The van der Waals surface area contributed by atoms with Crippen molar-refractivity contribution in [3.63, 3.8) is 0 Å². The number of hydrogen-bond acceptors (Lipinski definition) is 4. The van der Waals surface area contributed by atoms with Crippen molar-refractivity contribution in [2.24, 2.45) is 0 Å². The van der Waals surface area contributed by atoms with Gasteiger partial charge in [-0.05, 0) is 26.7 Å². The van der Waals surface area contributed by atoms with Gasteiger partial charge in [0.2, 0.25) is 0 Å². The SMILES string of the molecule is CCCc1nc(Cl)c(C)c(N2CC(C)OCC2CC)n1. The fourth-order valence-electron chi connectivity index (χ4n) is 2.58. The van der Waals surface area contributed by atoms with Gasteiger partial charge in [0.25, 0.3) is 0 Å². The molecule has 0 amide bonds. The second-order valence-corrected chi connectivity index (χ2v) is 5.85. The highest BCUT2D eigenvalue weighted by molar-refractivity contribution is 6.30. The Morgan fingerprint density at radius 1 is 1.35 bits per heavy atom. The first-order chi connectivity index (χ1) is 9.56. The van der Waals surface area contributed by atoms with Crippen LogP contribution in [-0.2, 0) is 11.2 Å². The Morgan fingerprint density at radius 3 is 2.75 bits per heavy atom. The monoisotopic (exact) mass is 297 g/mol. The summed E-state index contributed by atoms with van der Waals surface area (Å²) in [5, 5.41) is 0.576. The van der Waals surface area contributed by atoms with Crippen molar-refractivity contribution in [1.29, 1.82) is 0 Å². The first-order valence-electron chi connectivity index (χ1n) is 7.48. The first-order valence-corrected chi connectivity index (χ1v) is 7.85. The maximum absolute atomic E-state index is 6.29. The fourth-order valence-corrected chi connectivity index (χ4v) is 2.76. The van der Waals surface area contributed by atoms with Crippen molar-refractivity contribution in [3.8, 4) is 0 Å². The van der Waals surface area contributed by atoms with Gasteiger partial charge in [-0.1, -0.05) is 25.4 Å². The number of rotatable bonds is 4. The molecule has 0 radical (unpaired) electrons. The van der Waals surface area contributed by atoms with Crippen LogP contribution >= 0.6 is 11.6 Å². The topological polar surface area (TPSA) is 38.2 Å². The van der Waals surface area contributed by atoms with Gasteiger partial charge in [-0.2, -0.15) is 0 Å². The van der Waals surface area contributed by atoms with Crippen LogP contribution in [-0.4, -0.2) is 35.3 Å². The van der Waals surface area contributed by atoms with Crippen LogP contribution in [0.3, 0.4) is 0 Å². The van der Waals surface area contributed by atoms with Crippen molar-refractivity contribution >= 4 is 17.4 Å². The molecule has 4 nitrogen and oxygen atoms in total. The number of aryl methyl sites for hydroxylation is 1. The van der Waals surface area contributed by atoms with Gasteiger partial charge in [-0.3, -0.25) is 0 Å². The molecule has 1 aromatic rings. The van der Waals surface area contributed by atoms with E-state index in [4.69, 9.17) is 21.3 Å². The molecule has 20 heavy (non-hydrogen) atoms. The van der Waals surface area contributed by atoms with Crippen LogP contribution in [0.5, 0.6) is 0 Å². The van der Waals surface area contributed by atoms with Gasteiger partial charge in [0.05, 0.1) is 18.8 Å². The molecule has 2 unspecified atom stereocenters. The molecular weight excluding hydrogens is 274 g/mol. The van der Waals surface area contributed by atoms with Crippen LogP contribution in [0.4, 0.5) is 5.82 Å². The summed E-state index contributed by atoms with van der Waals surface area (Å²) in [6.45, 7) is 10.0. The summed E-state index contributed by atoms with van der Waals surface area (Å²) in [7, 11) is 0. The van der Waals surface area contributed by atoms with E-state index in [0.717, 1.165) is 49.6 Å². The number of morpholine rings is 1. The van der Waals surface area contributed by atoms with Crippen LogP contribution in [0.25, 0.3) is 0 Å². The van der Waals surface area contributed by atoms with E-state index in [1.807, 2.05) is 6.92 Å². The minimum absolute atomic E-state index is 0.223. The number of halogens is 1. The van der Waals surface area contributed by atoms with E-state index < -0.39 is 0 Å². The van der Waals surface area contributed by atoms with Crippen molar-refractivity contribution in [2.75, 3.05) is 18.1 Å². The van der Waals surface area contributed by atoms with E-state index >= 15 is 0 Å². The quantitative estimate of drug-likeness (QED) is 0.799. The van der Waals surface area contributed by atoms with Gasteiger partial charge in [-0.25, -0.2) is 9.97 Å². The number of ether oxygens (including phenoxy) is 1. The lowest BCUT2D eigenvalue weighted by Gasteiger charge is -2.40. The predicted octanol–water partition coefficient (Wildman–Crippen LogP) is 3.39. The van der Waals surface area contributed by atoms with Crippen LogP contribution in [0.1, 0.15) is 45.0 Å². The summed E-state index contributed by atoms with van der Waals surface area (Å²) in [5.41, 5.74) is 0.971. The first kappa shape index (κ1) is 15.5. The van der Waals surface area contributed by atoms with Gasteiger partial charge in [-0.15, -0.1) is 0 Å². The van der Waals surface area contributed by atoms with E-state index in [-0.39, 0.29) is 6.10 Å². The Hall–Kier alpha value is -0.870. The second kappa shape index (κ2) is 6.72. The summed E-state index contributed by atoms with van der Waals surface area (Å²) in [6, 6.07) is 0.366. The third-order valence-corrected chi connectivity index (χ3v) is 4.16. The molecule has 0 saturated carbocycles. The van der Waals surface area contributed by atoms with Crippen LogP contribution in [0.15, 0.2) is 0 Å². The number of aromatic nitrogens is 2. The molecule has 0 bridgehead atoms. The molecule has 2 rings (SSSR count). The van der Waals surface area contributed by atoms with Gasteiger partial charge in [0.15, 0.2) is 0 Å². The van der Waals surface area contributed by atoms with E-state index in [1.165, 1.54) is 0 Å². The van der Waals surface area contributed by atoms with E-state index in [9.17, 15) is 0 Å². The summed E-state index contributed by atoms with van der Waals surface area (Å²) in [6.07, 6.45) is 3.15. The van der Waals surface area contributed by atoms with E-state index in [0.29, 0.717) is 11.2 Å². The molecule has 0 spiro atoms. The Bertz CT molecular complexity index is 467. The third-order valence-electron chi connectivity index (χ3n) is 3.79. The zero-order valence-electron chi connectivity index (χ0n) is 12.8. The Balaban J connectivity index is 2.37. The average molecular weight is 298 g/mol. The van der Waals surface area contributed by atoms with Crippen molar-refractivity contribution < 1.29 is 4.74 Å². The molecule has 0 aromatic carbocycles. The summed E-state index contributed by atoms with van der Waals surface area (Å²) in [5.74, 6) is 1.82. The molecule has 0 aliphatic carbocycles. The van der Waals surface area contributed by atoms with Gasteiger partial charge in [0.1, 0.15) is 16.8 Å². The molecule has 5 heteroatoms. The van der Waals surface area contributed by atoms with Crippen molar-refractivity contribution in [2.45, 2.75) is 59.1 Å². The molecule has 112 valence electrons. The average Bonchev–Trinajstić information content (AvgIpc) is 2.43. The minimum Gasteiger partial charge on any atom is -0.375 e. The van der Waals surface area contributed by atoms with Gasteiger partial charge < -0.3 is 9.64 Å². The molecule has 2 heterocycles. The molecule has 1 aromatic heterocycles. The highest BCUT2D eigenvalue weighted by Gasteiger charge is 2.28. The molecule has 1 saturated heterocycles. The number of nitrogens with zero attached hydrogens (tertiary/aromatic N) is 3. The predicted molar refractivity (Wildman–Crippen MR) is 82.6 cm³/mol. The molecule has 1 aliphatic heterocycles. The third kappa shape index (κ3) is 3.23. The molecule has 2 atom stereocenters. The van der Waals surface area contributed by atoms with E-state index in [2.05, 4.69) is 30.7 Å². The summed E-state index contributed by atoms with van der Waals surface area (Å²) in [4.78, 5) is 11.5. The lowest BCUT2D eigenvalue weighted by molar-refractivity contribution is 0.0295. The van der Waals surface area contributed by atoms with Crippen LogP contribution in [0, 0.1) is 6.92 Å². The Kier molecular flexibility index (Phi) is 5.22. The Morgan fingerprint density at radius 2 is 2.10 bits per heavy atom. The van der Waals surface area contributed by atoms with Crippen LogP contribution < -0.4 is 4.90 Å². The van der Waals surface area contributed by atoms with E-state index in [1.54, 1.807) is 0 Å². The summed E-state index contributed by atoms with van der Waals surface area (Å²) < 4.78 is 5.76. The number of hydrogen-bond donors (Lipinski definition) is 0. The molecular formula is C15H24ClN3O. The standard InChI is InChI=1S/C15H24ClN3O/c1-5-7-13-17-14(16)11(4)15(18-13)19-8-10(3)20-9-12(19)6-2/h10,12H,5-9H2,1-4H3. The minimum atomic E-state index is 0.223. The van der Waals surface area contributed by atoms with Crippen molar-refractivity contribution in [1.82, 2.24) is 9.97 Å². The Labute approximate surface area is 126 Å². The molecule has 1 aliphatic rings. The highest BCUT2D eigenvalue weighted by atomic mass is 35.5. The zero-order chi connectivity index (χ0) is 14.7. The number of anilines is 1. The normalized spacial score (nSPS) is 23.1. The summed E-state index contributed by atoms with van der Waals surface area (Å²) >= 11 is 6.29. The lowest BCUT2D eigenvalue weighted by atomic mass is 10.1. The lowest BCUT2D eigenvalue weighted by Crippen LogP contribution is -2.49.